The molecule has 0 radical (unpaired) electrons. The molecular formula is C29H42FN5O7. The molecule has 0 saturated carbocycles. The average molecular weight is 592 g/mol. The van der Waals surface area contributed by atoms with Crippen LogP contribution in [0.5, 0.6) is 5.75 Å². The van der Waals surface area contributed by atoms with E-state index < -0.39 is 54.5 Å². The van der Waals surface area contributed by atoms with E-state index in [1.54, 1.807) is 25.7 Å². The number of hydrogen-bond donors (Lipinski definition) is 4. The van der Waals surface area contributed by atoms with E-state index in [4.69, 9.17) is 9.47 Å². The van der Waals surface area contributed by atoms with Gasteiger partial charge in [0.15, 0.2) is 6.67 Å². The van der Waals surface area contributed by atoms with Gasteiger partial charge in [-0.2, -0.15) is 0 Å². The van der Waals surface area contributed by atoms with E-state index in [0.717, 1.165) is 5.56 Å². The zero-order chi connectivity index (χ0) is 30.6. The van der Waals surface area contributed by atoms with Crippen LogP contribution in [0.3, 0.4) is 0 Å². The lowest BCUT2D eigenvalue weighted by Gasteiger charge is -2.40. The highest BCUT2D eigenvalue weighted by Gasteiger charge is 2.46. The Morgan fingerprint density at radius 3 is 2.60 bits per heavy atom. The molecule has 2 saturated heterocycles. The zero-order valence-corrected chi connectivity index (χ0v) is 24.6. The van der Waals surface area contributed by atoms with Crippen molar-refractivity contribution >= 4 is 23.8 Å². The lowest BCUT2D eigenvalue weighted by atomic mass is 10.00. The number of aliphatic hydroxyl groups is 1. The van der Waals surface area contributed by atoms with E-state index in [0.29, 0.717) is 38.0 Å². The maximum absolute atomic E-state index is 14.0. The van der Waals surface area contributed by atoms with Crippen molar-refractivity contribution in [2.24, 2.45) is 0 Å². The number of fused-ring (bicyclic) bond motifs is 2. The maximum Gasteiger partial charge on any atom is 0.408 e. The first-order valence-electron chi connectivity index (χ1n) is 14.5. The van der Waals surface area contributed by atoms with Crippen LogP contribution in [-0.2, 0) is 19.1 Å². The number of carbonyl (C=O) groups excluding carboxylic acids is 4. The van der Waals surface area contributed by atoms with Crippen molar-refractivity contribution in [2.75, 3.05) is 26.4 Å². The van der Waals surface area contributed by atoms with E-state index in [2.05, 4.69) is 16.0 Å². The van der Waals surface area contributed by atoms with Crippen molar-refractivity contribution in [3.63, 3.8) is 0 Å². The number of ether oxygens (including phenoxy) is 2. The summed E-state index contributed by atoms with van der Waals surface area (Å²) < 4.78 is 24.3. The molecule has 0 aliphatic carbocycles. The van der Waals surface area contributed by atoms with Gasteiger partial charge in [0.2, 0.25) is 11.8 Å². The van der Waals surface area contributed by atoms with Crippen molar-refractivity contribution in [1.29, 1.82) is 0 Å². The molecule has 3 heterocycles. The van der Waals surface area contributed by atoms with Crippen molar-refractivity contribution in [3.8, 4) is 5.75 Å². The summed E-state index contributed by atoms with van der Waals surface area (Å²) in [6.45, 7) is 5.86. The molecule has 1 aromatic rings. The Morgan fingerprint density at radius 2 is 1.88 bits per heavy atom. The van der Waals surface area contributed by atoms with Crippen molar-refractivity contribution < 1.29 is 38.1 Å². The van der Waals surface area contributed by atoms with Gasteiger partial charge in [-0.15, -0.1) is 0 Å². The average Bonchev–Trinajstić information content (AvgIpc) is 3.35. The number of alkyl carbamates (subject to hydrolysis) is 1. The molecular weight excluding hydrogens is 549 g/mol. The van der Waals surface area contributed by atoms with Gasteiger partial charge in [-0.05, 0) is 53.0 Å². The molecule has 4 rings (SSSR count). The smallest absolute Gasteiger partial charge is 0.408 e. The Labute approximate surface area is 245 Å². The number of nitrogens with one attached hydrogen (secondary N) is 3. The Kier molecular flexibility index (Phi) is 9.93. The van der Waals surface area contributed by atoms with E-state index in [1.165, 1.54) is 11.8 Å². The molecule has 232 valence electrons. The SMILES string of the molecule is C[C@H](NC(=O)OC(C)(C)C)C(O)N[C@H]1CN(C(=O)CF)CC[C@H]2CC[C@@H](C(=O)N[C@@H]3CCOc4ccccc43)N2C1=O. The Morgan fingerprint density at radius 1 is 1.14 bits per heavy atom. The largest absolute Gasteiger partial charge is 0.493 e. The van der Waals surface area contributed by atoms with Crippen molar-refractivity contribution in [1.82, 2.24) is 25.8 Å². The van der Waals surface area contributed by atoms with Gasteiger partial charge >= 0.3 is 6.09 Å². The molecule has 42 heavy (non-hydrogen) atoms. The van der Waals surface area contributed by atoms with Crippen molar-refractivity contribution in [3.05, 3.63) is 29.8 Å². The summed E-state index contributed by atoms with van der Waals surface area (Å²) in [6.07, 6.45) is -0.215. The lowest BCUT2D eigenvalue weighted by molar-refractivity contribution is -0.147. The van der Waals surface area contributed by atoms with Crippen LogP contribution in [0.4, 0.5) is 9.18 Å². The summed E-state index contributed by atoms with van der Waals surface area (Å²) in [5.41, 5.74) is 0.123. The summed E-state index contributed by atoms with van der Waals surface area (Å²) in [5, 5.41) is 19.3. The molecule has 13 heteroatoms. The van der Waals surface area contributed by atoms with Crippen LogP contribution in [0.2, 0.25) is 0 Å². The highest BCUT2D eigenvalue weighted by atomic mass is 19.1. The number of benzene rings is 1. The maximum atomic E-state index is 14.0. The van der Waals surface area contributed by atoms with Crippen LogP contribution in [0.15, 0.2) is 24.3 Å². The number of alkyl halides is 1. The van der Waals surface area contributed by atoms with Gasteiger partial charge in [0.1, 0.15) is 29.7 Å². The summed E-state index contributed by atoms with van der Waals surface area (Å²) >= 11 is 0. The molecule has 0 bridgehead atoms. The van der Waals surface area contributed by atoms with Crippen LogP contribution in [0, 0.1) is 0 Å². The molecule has 3 aliphatic rings. The van der Waals surface area contributed by atoms with Crippen LogP contribution in [0.1, 0.15) is 65.0 Å². The van der Waals surface area contributed by atoms with Crippen LogP contribution in [0.25, 0.3) is 0 Å². The topological polar surface area (TPSA) is 150 Å². The molecule has 4 N–H and O–H groups in total. The number of para-hydroxylation sites is 1. The number of hydrogen-bond acceptors (Lipinski definition) is 8. The first-order valence-corrected chi connectivity index (χ1v) is 14.5. The Bertz CT molecular complexity index is 1160. The van der Waals surface area contributed by atoms with E-state index in [1.807, 2.05) is 24.3 Å². The minimum absolute atomic E-state index is 0.193. The minimum atomic E-state index is -1.42. The number of carbonyl (C=O) groups is 4. The molecule has 3 aliphatic heterocycles. The van der Waals surface area contributed by atoms with E-state index in [9.17, 15) is 28.7 Å². The molecule has 0 spiro atoms. The van der Waals surface area contributed by atoms with Gasteiger partial charge in [0, 0.05) is 31.1 Å². The normalized spacial score (nSPS) is 25.6. The number of nitrogens with zero attached hydrogens (tertiary/aromatic N) is 2. The Hall–Kier alpha value is -3.45. The predicted molar refractivity (Wildman–Crippen MR) is 150 cm³/mol. The fourth-order valence-corrected chi connectivity index (χ4v) is 5.75. The first kappa shape index (κ1) is 31.5. The van der Waals surface area contributed by atoms with Gasteiger partial charge in [-0.1, -0.05) is 18.2 Å². The second-order valence-electron chi connectivity index (χ2n) is 12.1. The third-order valence-corrected chi connectivity index (χ3v) is 7.82. The van der Waals surface area contributed by atoms with Gasteiger partial charge in [0.05, 0.1) is 18.7 Å². The lowest BCUT2D eigenvalue weighted by Crippen LogP contribution is -2.63. The summed E-state index contributed by atoms with van der Waals surface area (Å²) in [5.74, 6) is -0.817. The highest BCUT2D eigenvalue weighted by molar-refractivity contribution is 5.91. The molecule has 6 atom stereocenters. The highest BCUT2D eigenvalue weighted by Crippen LogP contribution is 2.34. The number of amides is 4. The van der Waals surface area contributed by atoms with Gasteiger partial charge < -0.3 is 35.0 Å². The quantitative estimate of drug-likeness (QED) is 0.348. The third kappa shape index (κ3) is 7.49. The summed E-state index contributed by atoms with van der Waals surface area (Å²) in [4.78, 5) is 55.0. The zero-order valence-electron chi connectivity index (χ0n) is 24.6. The molecule has 2 fully saturated rings. The number of aliphatic hydroxyl groups excluding tert-OH is 1. The third-order valence-electron chi connectivity index (χ3n) is 7.82. The molecule has 4 amide bonds. The number of halogens is 1. The molecule has 1 aromatic carbocycles. The van der Waals surface area contributed by atoms with Gasteiger partial charge in [0.25, 0.3) is 5.91 Å². The van der Waals surface area contributed by atoms with Crippen LogP contribution < -0.4 is 20.7 Å². The van der Waals surface area contributed by atoms with Crippen LogP contribution >= 0.6 is 0 Å². The molecule has 1 unspecified atom stereocenters. The first-order chi connectivity index (χ1) is 19.9. The fourth-order valence-electron chi connectivity index (χ4n) is 5.75. The predicted octanol–water partition coefficient (Wildman–Crippen LogP) is 1.38. The fraction of sp³-hybridized carbons (Fsp3) is 0.655. The van der Waals surface area contributed by atoms with E-state index >= 15 is 0 Å². The second kappa shape index (κ2) is 13.2. The van der Waals surface area contributed by atoms with Crippen LogP contribution in [-0.4, -0.2) is 101 Å². The molecule has 0 aromatic heterocycles. The van der Waals surface area contributed by atoms with Gasteiger partial charge in [-0.3, -0.25) is 19.7 Å². The minimum Gasteiger partial charge on any atom is -0.493 e. The standard InChI is InChI=1S/C29H42FN5O7/c1-17(31-28(40)42-29(2,3)4)25(37)33-21-16-34(24(36)15-30)13-11-18-9-10-22(35(18)27(21)39)26(38)32-20-12-14-41-23-8-6-5-7-19(20)23/h5-8,17-18,20-22,25,33,37H,9-16H2,1-4H3,(H,31,40)(H,32,38)/t17-,18+,20+,21-,22-,25?/m0/s1. The molecule has 12 nitrogen and oxygen atoms in total. The monoisotopic (exact) mass is 591 g/mol. The van der Waals surface area contributed by atoms with Gasteiger partial charge in [-0.25, -0.2) is 9.18 Å². The second-order valence-corrected chi connectivity index (χ2v) is 12.1. The van der Waals surface area contributed by atoms with Crippen molar-refractivity contribution in [2.45, 2.75) is 95.4 Å². The Balaban J connectivity index is 1.50. The summed E-state index contributed by atoms with van der Waals surface area (Å²) in [7, 11) is 0. The number of rotatable bonds is 7. The summed E-state index contributed by atoms with van der Waals surface area (Å²) in [6, 6.07) is 4.11. The van der Waals surface area contributed by atoms with E-state index in [-0.39, 0.29) is 31.1 Å².